The maximum absolute atomic E-state index is 12.5. The lowest BCUT2D eigenvalue weighted by Crippen LogP contribution is -1.96. The molecule has 0 amide bonds. The van der Waals surface area contributed by atoms with Gasteiger partial charge in [0, 0.05) is 12.3 Å². The van der Waals surface area contributed by atoms with Gasteiger partial charge < -0.3 is 4.89 Å². The van der Waals surface area contributed by atoms with Crippen LogP contribution in [0.3, 0.4) is 0 Å². The Labute approximate surface area is 248 Å². The van der Waals surface area contributed by atoms with Crippen molar-refractivity contribution in [2.75, 3.05) is 12.3 Å². The van der Waals surface area contributed by atoms with Crippen molar-refractivity contribution >= 4 is 7.37 Å². The zero-order chi connectivity index (χ0) is 28.9. The largest absolute Gasteiger partial charge is 0.344 e. The van der Waals surface area contributed by atoms with E-state index in [1.165, 1.54) is 154 Å². The van der Waals surface area contributed by atoms with Crippen molar-refractivity contribution in [2.45, 2.75) is 207 Å². The lowest BCUT2D eigenvalue weighted by atomic mass is 10.0. The lowest BCUT2D eigenvalue weighted by molar-refractivity contribution is 0.468. The Morgan fingerprint density at radius 1 is 0.359 bits per heavy atom. The second-order valence-corrected chi connectivity index (χ2v) is 16.4. The smallest absolute Gasteiger partial charge is 0.200 e. The molecule has 0 aromatic rings. The van der Waals surface area contributed by atoms with Gasteiger partial charge in [-0.15, -0.1) is 0 Å². The first-order chi connectivity index (χ1) is 18.8. The number of hydrogen-bond acceptors (Lipinski definition) is 1. The molecule has 0 saturated carbocycles. The van der Waals surface area contributed by atoms with Gasteiger partial charge >= 0.3 is 0 Å². The third-order valence-electron chi connectivity index (χ3n) is 8.58. The van der Waals surface area contributed by atoms with Crippen molar-refractivity contribution in [1.82, 2.24) is 0 Å². The maximum atomic E-state index is 12.5. The molecule has 0 saturated heterocycles. The molecule has 2 nitrogen and oxygen atoms in total. The first-order valence-corrected chi connectivity index (χ1v) is 20.2. The molecule has 0 atom stereocenters. The first-order valence-electron chi connectivity index (χ1n) is 18.1. The summed E-state index contributed by atoms with van der Waals surface area (Å²) in [5.74, 6) is 1.73. The van der Waals surface area contributed by atoms with Crippen LogP contribution in [0.15, 0.2) is 0 Å². The molecule has 0 aliphatic carbocycles. The van der Waals surface area contributed by atoms with Gasteiger partial charge in [-0.25, -0.2) is 0 Å². The van der Waals surface area contributed by atoms with Gasteiger partial charge in [0.25, 0.3) is 0 Å². The van der Waals surface area contributed by atoms with E-state index in [4.69, 9.17) is 0 Å². The molecule has 0 fully saturated rings. The average Bonchev–Trinajstić information content (AvgIpc) is 2.88. The number of unbranched alkanes of at least 4 members (excludes halogenated alkanes) is 24. The summed E-state index contributed by atoms with van der Waals surface area (Å²) < 4.78 is 12.5. The molecule has 0 spiro atoms. The van der Waals surface area contributed by atoms with Gasteiger partial charge in [-0.1, -0.05) is 195 Å². The SMILES string of the molecule is CC(C)CCCCCCCCCCCCCCCP(=O)(O)CCCCCCCCCCCCCCCC(C)C. The zero-order valence-corrected chi connectivity index (χ0v) is 28.6. The highest BCUT2D eigenvalue weighted by atomic mass is 31.2. The van der Waals surface area contributed by atoms with E-state index in [1.807, 2.05) is 0 Å². The normalized spacial score (nSPS) is 12.3. The second-order valence-electron chi connectivity index (χ2n) is 13.9. The minimum absolute atomic E-state index is 0.557. The fourth-order valence-corrected chi connectivity index (χ4v) is 7.48. The summed E-state index contributed by atoms with van der Waals surface area (Å²) >= 11 is 0. The maximum Gasteiger partial charge on any atom is 0.200 e. The van der Waals surface area contributed by atoms with Gasteiger partial charge in [-0.3, -0.25) is 4.57 Å². The second kappa shape index (κ2) is 29.7. The van der Waals surface area contributed by atoms with Gasteiger partial charge in [0.2, 0.25) is 7.37 Å². The molecule has 3 heteroatoms. The van der Waals surface area contributed by atoms with Crippen molar-refractivity contribution in [3.05, 3.63) is 0 Å². The fourth-order valence-electron chi connectivity index (χ4n) is 5.82. The Kier molecular flexibility index (Phi) is 29.8. The molecular weight excluding hydrogens is 495 g/mol. The van der Waals surface area contributed by atoms with Gasteiger partial charge in [0.1, 0.15) is 0 Å². The van der Waals surface area contributed by atoms with Crippen LogP contribution in [0.4, 0.5) is 0 Å². The quantitative estimate of drug-likeness (QED) is 0.0645. The number of rotatable bonds is 32. The Hall–Kier alpha value is 0.190. The van der Waals surface area contributed by atoms with E-state index in [0.29, 0.717) is 12.3 Å². The zero-order valence-electron chi connectivity index (χ0n) is 27.7. The van der Waals surface area contributed by atoms with Crippen LogP contribution in [-0.4, -0.2) is 17.2 Å². The predicted octanol–water partition coefficient (Wildman–Crippen LogP) is 13.5. The van der Waals surface area contributed by atoms with Crippen LogP contribution >= 0.6 is 7.37 Å². The van der Waals surface area contributed by atoms with Crippen molar-refractivity contribution in [3.8, 4) is 0 Å². The van der Waals surface area contributed by atoms with Crippen LogP contribution in [0.5, 0.6) is 0 Å². The summed E-state index contributed by atoms with van der Waals surface area (Å²) in [6.45, 7) is 9.31. The third-order valence-corrected chi connectivity index (χ3v) is 10.6. The molecule has 0 aromatic heterocycles. The Morgan fingerprint density at radius 3 is 0.744 bits per heavy atom. The van der Waals surface area contributed by atoms with Crippen LogP contribution in [0.2, 0.25) is 0 Å². The van der Waals surface area contributed by atoms with Crippen molar-refractivity contribution < 1.29 is 9.46 Å². The molecule has 0 heterocycles. The molecule has 39 heavy (non-hydrogen) atoms. The van der Waals surface area contributed by atoms with Crippen LogP contribution in [0, 0.1) is 11.8 Å². The predicted molar refractivity (Wildman–Crippen MR) is 179 cm³/mol. The number of hydrogen-bond donors (Lipinski definition) is 1. The molecule has 0 radical (unpaired) electrons. The Balaban J connectivity index is 3.29. The molecule has 236 valence electrons. The van der Waals surface area contributed by atoms with E-state index in [0.717, 1.165) is 37.5 Å². The highest BCUT2D eigenvalue weighted by Crippen LogP contribution is 2.42. The van der Waals surface area contributed by atoms with Crippen molar-refractivity contribution in [3.63, 3.8) is 0 Å². The summed E-state index contributed by atoms with van der Waals surface area (Å²) in [6.07, 6.45) is 38.5. The van der Waals surface area contributed by atoms with E-state index in [1.54, 1.807) is 0 Å². The van der Waals surface area contributed by atoms with Crippen LogP contribution in [0.25, 0.3) is 0 Å². The van der Waals surface area contributed by atoms with E-state index in [9.17, 15) is 9.46 Å². The van der Waals surface area contributed by atoms with Gasteiger partial charge in [0.15, 0.2) is 0 Å². The summed E-state index contributed by atoms with van der Waals surface area (Å²) in [4.78, 5) is 10.3. The minimum Gasteiger partial charge on any atom is -0.344 e. The molecule has 0 aliphatic rings. The summed E-state index contributed by atoms with van der Waals surface area (Å²) in [6, 6.07) is 0. The standard InChI is InChI=1S/C36H75O2P/c1-35(2)31-27-23-19-15-11-7-5-9-13-17-21-25-29-33-39(37,38)34-30-26-22-18-14-10-6-8-12-16-20-24-28-32-36(3)4/h35-36H,5-34H2,1-4H3,(H,37,38). The fraction of sp³-hybridized carbons (Fsp3) is 1.00. The van der Waals surface area contributed by atoms with Gasteiger partial charge in [-0.2, -0.15) is 0 Å². The van der Waals surface area contributed by atoms with Crippen molar-refractivity contribution in [2.24, 2.45) is 11.8 Å². The molecule has 0 unspecified atom stereocenters. The summed E-state index contributed by atoms with van der Waals surface area (Å²) in [5, 5.41) is 0. The lowest BCUT2D eigenvalue weighted by Gasteiger charge is -2.11. The highest BCUT2D eigenvalue weighted by molar-refractivity contribution is 7.57. The van der Waals surface area contributed by atoms with Crippen LogP contribution in [-0.2, 0) is 4.57 Å². The highest BCUT2D eigenvalue weighted by Gasteiger charge is 2.16. The first kappa shape index (κ1) is 39.2. The van der Waals surface area contributed by atoms with Crippen molar-refractivity contribution in [1.29, 1.82) is 0 Å². The summed E-state index contributed by atoms with van der Waals surface area (Å²) in [7, 11) is -2.87. The van der Waals surface area contributed by atoms with Gasteiger partial charge in [-0.05, 0) is 24.7 Å². The molecule has 0 aliphatic heterocycles. The van der Waals surface area contributed by atoms with E-state index in [-0.39, 0.29) is 0 Å². The Bertz CT molecular complexity index is 474. The van der Waals surface area contributed by atoms with Crippen LogP contribution < -0.4 is 0 Å². The topological polar surface area (TPSA) is 37.3 Å². The monoisotopic (exact) mass is 571 g/mol. The van der Waals surface area contributed by atoms with E-state index in [2.05, 4.69) is 27.7 Å². The molecule has 1 N–H and O–H groups in total. The average molecular weight is 571 g/mol. The Morgan fingerprint density at radius 2 is 0.538 bits per heavy atom. The minimum atomic E-state index is -2.87. The van der Waals surface area contributed by atoms with E-state index >= 15 is 0 Å². The van der Waals surface area contributed by atoms with Gasteiger partial charge in [0.05, 0.1) is 0 Å². The molecule has 0 aromatic carbocycles. The van der Waals surface area contributed by atoms with Crippen LogP contribution in [0.1, 0.15) is 207 Å². The molecular formula is C36H75O2P. The van der Waals surface area contributed by atoms with E-state index < -0.39 is 7.37 Å². The summed E-state index contributed by atoms with van der Waals surface area (Å²) in [5.41, 5.74) is 0. The molecule has 0 rings (SSSR count). The molecule has 0 bridgehead atoms. The third kappa shape index (κ3) is 34.3.